The van der Waals surface area contributed by atoms with Crippen molar-refractivity contribution in [1.82, 2.24) is 4.90 Å². The first-order valence-corrected chi connectivity index (χ1v) is 7.87. The molecule has 0 radical (unpaired) electrons. The third kappa shape index (κ3) is 3.52. The highest BCUT2D eigenvalue weighted by atomic mass is 16.5. The van der Waals surface area contributed by atoms with E-state index in [9.17, 15) is 4.79 Å². The minimum Gasteiger partial charge on any atom is -0.493 e. The van der Waals surface area contributed by atoms with E-state index in [4.69, 9.17) is 19.9 Å². The molecule has 6 heteroatoms. The van der Waals surface area contributed by atoms with Crippen molar-refractivity contribution in [3.05, 3.63) is 17.7 Å². The van der Waals surface area contributed by atoms with Gasteiger partial charge in [0.05, 0.1) is 26.9 Å². The molecule has 2 N–H and O–H groups in total. The van der Waals surface area contributed by atoms with Gasteiger partial charge in [0.2, 0.25) is 5.75 Å². The largest absolute Gasteiger partial charge is 0.493 e. The number of hydrogen-bond acceptors (Lipinski definition) is 5. The van der Waals surface area contributed by atoms with Crippen molar-refractivity contribution in [2.24, 2.45) is 11.7 Å². The van der Waals surface area contributed by atoms with Crippen LogP contribution in [0.15, 0.2) is 12.1 Å². The van der Waals surface area contributed by atoms with E-state index in [2.05, 4.69) is 0 Å². The van der Waals surface area contributed by atoms with Crippen LogP contribution in [0.3, 0.4) is 0 Å². The summed E-state index contributed by atoms with van der Waals surface area (Å²) in [4.78, 5) is 14.7. The highest BCUT2D eigenvalue weighted by Gasteiger charge is 2.28. The monoisotopic (exact) mass is 322 g/mol. The summed E-state index contributed by atoms with van der Waals surface area (Å²) in [5.41, 5.74) is 6.45. The SMILES string of the molecule is COc1ccc(C(=O)N2CCC(C(C)N)CC2)c(OC)c1OC. The maximum atomic E-state index is 12.8. The van der Waals surface area contributed by atoms with E-state index in [1.807, 2.05) is 11.8 Å². The predicted molar refractivity (Wildman–Crippen MR) is 88.4 cm³/mol. The van der Waals surface area contributed by atoms with Crippen molar-refractivity contribution in [2.45, 2.75) is 25.8 Å². The number of nitrogens with zero attached hydrogens (tertiary/aromatic N) is 1. The Morgan fingerprint density at radius 3 is 2.22 bits per heavy atom. The quantitative estimate of drug-likeness (QED) is 0.896. The predicted octanol–water partition coefficient (Wildman–Crippen LogP) is 1.91. The van der Waals surface area contributed by atoms with Crippen molar-refractivity contribution in [2.75, 3.05) is 34.4 Å². The standard InChI is InChI=1S/C17H26N2O4/c1-11(18)12-7-9-19(10-8-12)17(20)13-5-6-14(21-2)16(23-4)15(13)22-3/h5-6,11-12H,7-10,18H2,1-4H3. The molecule has 23 heavy (non-hydrogen) atoms. The molecule has 1 heterocycles. The normalized spacial score (nSPS) is 16.8. The Kier molecular flexibility index (Phi) is 5.71. The lowest BCUT2D eigenvalue weighted by atomic mass is 9.90. The van der Waals surface area contributed by atoms with Crippen LogP contribution in [0.1, 0.15) is 30.1 Å². The van der Waals surface area contributed by atoms with Crippen LogP contribution in [0.4, 0.5) is 0 Å². The Balaban J connectivity index is 2.23. The summed E-state index contributed by atoms with van der Waals surface area (Å²) in [6, 6.07) is 3.62. The number of piperidine rings is 1. The average molecular weight is 322 g/mol. The first-order valence-electron chi connectivity index (χ1n) is 7.87. The molecule has 1 amide bonds. The number of rotatable bonds is 5. The van der Waals surface area contributed by atoms with Gasteiger partial charge in [0, 0.05) is 19.1 Å². The number of nitrogens with two attached hydrogens (primary N) is 1. The molecule has 0 spiro atoms. The number of hydrogen-bond donors (Lipinski definition) is 1. The van der Waals surface area contributed by atoms with Crippen molar-refractivity contribution in [1.29, 1.82) is 0 Å². The van der Waals surface area contributed by atoms with Gasteiger partial charge in [-0.1, -0.05) is 0 Å². The minimum absolute atomic E-state index is 0.0501. The van der Waals surface area contributed by atoms with Crippen LogP contribution in [-0.4, -0.2) is 51.3 Å². The molecule has 1 aliphatic heterocycles. The maximum Gasteiger partial charge on any atom is 0.257 e. The van der Waals surface area contributed by atoms with Crippen LogP contribution in [0, 0.1) is 5.92 Å². The first kappa shape index (κ1) is 17.4. The van der Waals surface area contributed by atoms with Crippen molar-refractivity contribution < 1.29 is 19.0 Å². The lowest BCUT2D eigenvalue weighted by Gasteiger charge is -2.34. The minimum atomic E-state index is -0.0501. The Hall–Kier alpha value is -1.95. The zero-order valence-electron chi connectivity index (χ0n) is 14.3. The lowest BCUT2D eigenvalue weighted by Crippen LogP contribution is -2.42. The van der Waals surface area contributed by atoms with E-state index >= 15 is 0 Å². The number of carbonyl (C=O) groups excluding carboxylic acids is 1. The molecule has 1 unspecified atom stereocenters. The molecule has 0 aromatic heterocycles. The maximum absolute atomic E-state index is 12.8. The van der Waals surface area contributed by atoms with Gasteiger partial charge in [-0.3, -0.25) is 4.79 Å². The molecule has 128 valence electrons. The summed E-state index contributed by atoms with van der Waals surface area (Å²) in [7, 11) is 4.61. The fraction of sp³-hybridized carbons (Fsp3) is 0.588. The van der Waals surface area contributed by atoms with Gasteiger partial charge in [-0.2, -0.15) is 0 Å². The molecule has 1 atom stereocenters. The van der Waals surface area contributed by atoms with Crippen molar-refractivity contribution in [3.8, 4) is 17.2 Å². The van der Waals surface area contributed by atoms with Crippen LogP contribution < -0.4 is 19.9 Å². The zero-order valence-corrected chi connectivity index (χ0v) is 14.3. The molecular formula is C17H26N2O4. The number of benzene rings is 1. The molecule has 1 saturated heterocycles. The topological polar surface area (TPSA) is 74.0 Å². The van der Waals surface area contributed by atoms with E-state index < -0.39 is 0 Å². The first-order chi connectivity index (χ1) is 11.0. The number of amides is 1. The summed E-state index contributed by atoms with van der Waals surface area (Å²) in [6.45, 7) is 3.45. The second-order valence-corrected chi connectivity index (χ2v) is 5.87. The number of ether oxygens (including phenoxy) is 3. The molecule has 0 saturated carbocycles. The molecule has 1 aromatic carbocycles. The van der Waals surface area contributed by atoms with Gasteiger partial charge >= 0.3 is 0 Å². The van der Waals surface area contributed by atoms with E-state index in [0.29, 0.717) is 41.8 Å². The highest BCUT2D eigenvalue weighted by Crippen LogP contribution is 2.40. The Morgan fingerprint density at radius 1 is 1.13 bits per heavy atom. The molecule has 1 aliphatic rings. The van der Waals surface area contributed by atoms with Gasteiger partial charge in [-0.05, 0) is 37.8 Å². The van der Waals surface area contributed by atoms with Gasteiger partial charge in [-0.25, -0.2) is 0 Å². The van der Waals surface area contributed by atoms with Crippen molar-refractivity contribution >= 4 is 5.91 Å². The van der Waals surface area contributed by atoms with Crippen LogP contribution in [0.2, 0.25) is 0 Å². The Bertz CT molecular complexity index is 552. The van der Waals surface area contributed by atoms with Gasteiger partial charge in [0.15, 0.2) is 11.5 Å². The third-order valence-corrected chi connectivity index (χ3v) is 4.50. The molecular weight excluding hydrogens is 296 g/mol. The van der Waals surface area contributed by atoms with Crippen LogP contribution in [-0.2, 0) is 0 Å². The highest BCUT2D eigenvalue weighted by molar-refractivity contribution is 5.98. The number of likely N-dealkylation sites (tertiary alicyclic amines) is 1. The lowest BCUT2D eigenvalue weighted by molar-refractivity contribution is 0.0677. The fourth-order valence-electron chi connectivity index (χ4n) is 3.07. The fourth-order valence-corrected chi connectivity index (χ4v) is 3.07. The van der Waals surface area contributed by atoms with E-state index in [1.165, 1.54) is 14.2 Å². The second-order valence-electron chi connectivity index (χ2n) is 5.87. The van der Waals surface area contributed by atoms with Crippen LogP contribution >= 0.6 is 0 Å². The molecule has 1 fully saturated rings. The summed E-state index contributed by atoms with van der Waals surface area (Å²) in [6.07, 6.45) is 1.86. The summed E-state index contributed by atoms with van der Waals surface area (Å²) >= 11 is 0. The van der Waals surface area contributed by atoms with E-state index in [1.54, 1.807) is 19.2 Å². The third-order valence-electron chi connectivity index (χ3n) is 4.50. The molecule has 0 aliphatic carbocycles. The van der Waals surface area contributed by atoms with E-state index in [0.717, 1.165) is 12.8 Å². The number of methoxy groups -OCH3 is 3. The molecule has 2 rings (SSSR count). The van der Waals surface area contributed by atoms with Crippen LogP contribution in [0.25, 0.3) is 0 Å². The summed E-state index contributed by atoms with van der Waals surface area (Å²) in [5.74, 6) is 1.81. The second kappa shape index (κ2) is 7.55. The Morgan fingerprint density at radius 2 is 1.74 bits per heavy atom. The number of carbonyl (C=O) groups is 1. The van der Waals surface area contributed by atoms with Crippen molar-refractivity contribution in [3.63, 3.8) is 0 Å². The molecule has 6 nitrogen and oxygen atoms in total. The average Bonchev–Trinajstić information content (AvgIpc) is 2.59. The summed E-state index contributed by atoms with van der Waals surface area (Å²) in [5, 5.41) is 0. The van der Waals surface area contributed by atoms with Gasteiger partial charge in [-0.15, -0.1) is 0 Å². The smallest absolute Gasteiger partial charge is 0.257 e. The Labute approximate surface area is 137 Å². The van der Waals surface area contributed by atoms with Gasteiger partial charge in [0.25, 0.3) is 5.91 Å². The van der Waals surface area contributed by atoms with E-state index in [-0.39, 0.29) is 11.9 Å². The van der Waals surface area contributed by atoms with Gasteiger partial charge < -0.3 is 24.8 Å². The zero-order chi connectivity index (χ0) is 17.0. The molecule has 0 bridgehead atoms. The van der Waals surface area contributed by atoms with Gasteiger partial charge in [0.1, 0.15) is 0 Å². The van der Waals surface area contributed by atoms with Crippen LogP contribution in [0.5, 0.6) is 17.2 Å². The molecule has 1 aromatic rings. The summed E-state index contributed by atoms with van der Waals surface area (Å²) < 4.78 is 16.0.